The molecule has 3 nitrogen and oxygen atoms in total. The van der Waals surface area contributed by atoms with E-state index in [2.05, 4.69) is 12.2 Å². The fourth-order valence-electron chi connectivity index (χ4n) is 1.16. The normalized spacial score (nSPS) is 10.0. The standard InChI is InChI=1S/C11H21NO2S/c1-3-4-5-6-7-11(14)15-9-8-12-10(2)13/h3-9H2,1-2H3,(H,12,13). The second kappa shape index (κ2) is 10.0. The zero-order valence-electron chi connectivity index (χ0n) is 9.67. The van der Waals surface area contributed by atoms with Gasteiger partial charge in [-0.3, -0.25) is 9.59 Å². The third-order valence-electron chi connectivity index (χ3n) is 1.97. The Labute approximate surface area is 96.4 Å². The molecule has 0 saturated carbocycles. The maximum absolute atomic E-state index is 11.3. The summed E-state index contributed by atoms with van der Waals surface area (Å²) in [6, 6.07) is 0. The fraction of sp³-hybridized carbons (Fsp3) is 0.818. The van der Waals surface area contributed by atoms with Crippen LogP contribution in [0.15, 0.2) is 0 Å². The molecule has 1 amide bonds. The number of amides is 1. The molecule has 0 atom stereocenters. The van der Waals surface area contributed by atoms with E-state index in [1.54, 1.807) is 0 Å². The number of unbranched alkanes of at least 4 members (excludes halogenated alkanes) is 3. The highest BCUT2D eigenvalue weighted by Gasteiger charge is 2.02. The number of carbonyl (C=O) groups excluding carboxylic acids is 2. The number of hydrogen-bond acceptors (Lipinski definition) is 3. The minimum absolute atomic E-state index is 0.0361. The van der Waals surface area contributed by atoms with Gasteiger partial charge in [-0.15, -0.1) is 0 Å². The topological polar surface area (TPSA) is 46.2 Å². The average Bonchev–Trinajstić information content (AvgIpc) is 2.19. The van der Waals surface area contributed by atoms with Crippen molar-refractivity contribution in [3.8, 4) is 0 Å². The number of nitrogens with one attached hydrogen (secondary N) is 1. The SMILES string of the molecule is CCCCCCC(=O)SCCNC(C)=O. The molecule has 0 saturated heterocycles. The summed E-state index contributed by atoms with van der Waals surface area (Å²) in [6.45, 7) is 4.22. The van der Waals surface area contributed by atoms with E-state index in [9.17, 15) is 9.59 Å². The minimum Gasteiger partial charge on any atom is -0.356 e. The van der Waals surface area contributed by atoms with Crippen LogP contribution in [-0.2, 0) is 9.59 Å². The van der Waals surface area contributed by atoms with Gasteiger partial charge in [0, 0.05) is 25.6 Å². The molecule has 0 aromatic carbocycles. The Morgan fingerprint density at radius 2 is 1.93 bits per heavy atom. The molecule has 0 aliphatic carbocycles. The molecule has 4 heteroatoms. The number of carbonyl (C=O) groups is 2. The Morgan fingerprint density at radius 3 is 2.53 bits per heavy atom. The van der Waals surface area contributed by atoms with Crippen LogP contribution < -0.4 is 5.32 Å². The van der Waals surface area contributed by atoms with Crippen molar-refractivity contribution in [1.29, 1.82) is 0 Å². The molecule has 0 aliphatic rings. The number of rotatable bonds is 8. The summed E-state index contributed by atoms with van der Waals surface area (Å²) in [4.78, 5) is 21.8. The number of thioether (sulfide) groups is 1. The van der Waals surface area contributed by atoms with Crippen molar-refractivity contribution in [2.75, 3.05) is 12.3 Å². The molecule has 0 aromatic heterocycles. The molecule has 0 aliphatic heterocycles. The summed E-state index contributed by atoms with van der Waals surface area (Å²) in [5.74, 6) is 0.651. The van der Waals surface area contributed by atoms with Gasteiger partial charge in [-0.25, -0.2) is 0 Å². The molecular formula is C11H21NO2S. The first-order valence-corrected chi connectivity index (χ1v) is 6.55. The van der Waals surface area contributed by atoms with Crippen LogP contribution >= 0.6 is 11.8 Å². The van der Waals surface area contributed by atoms with Gasteiger partial charge in [0.05, 0.1) is 0 Å². The lowest BCUT2D eigenvalue weighted by Gasteiger charge is -2.01. The van der Waals surface area contributed by atoms with E-state index in [0.717, 1.165) is 12.8 Å². The van der Waals surface area contributed by atoms with Crippen LogP contribution in [0.4, 0.5) is 0 Å². The minimum atomic E-state index is -0.0361. The summed E-state index contributed by atoms with van der Waals surface area (Å²) in [5.41, 5.74) is 0. The highest BCUT2D eigenvalue weighted by molar-refractivity contribution is 8.13. The Hall–Kier alpha value is -0.510. The van der Waals surface area contributed by atoms with Crippen LogP contribution in [0.1, 0.15) is 46.0 Å². The summed E-state index contributed by atoms with van der Waals surface area (Å²) < 4.78 is 0. The number of hydrogen-bond donors (Lipinski definition) is 1. The summed E-state index contributed by atoms with van der Waals surface area (Å²) in [7, 11) is 0. The lowest BCUT2D eigenvalue weighted by molar-refractivity contribution is -0.118. The molecule has 0 spiro atoms. The Kier molecular flexibility index (Phi) is 9.68. The smallest absolute Gasteiger partial charge is 0.216 e. The molecule has 0 unspecified atom stereocenters. The van der Waals surface area contributed by atoms with Gasteiger partial charge < -0.3 is 5.32 Å². The zero-order valence-corrected chi connectivity index (χ0v) is 10.5. The second-order valence-electron chi connectivity index (χ2n) is 3.51. The van der Waals surface area contributed by atoms with Crippen molar-refractivity contribution in [1.82, 2.24) is 5.32 Å². The van der Waals surface area contributed by atoms with E-state index in [1.165, 1.54) is 31.5 Å². The van der Waals surface area contributed by atoms with Crippen LogP contribution in [0.25, 0.3) is 0 Å². The third-order valence-corrected chi connectivity index (χ3v) is 2.91. The predicted octanol–water partition coefficient (Wildman–Crippen LogP) is 2.35. The quantitative estimate of drug-likeness (QED) is 0.652. The lowest BCUT2D eigenvalue weighted by atomic mass is 10.2. The van der Waals surface area contributed by atoms with E-state index in [1.807, 2.05) is 0 Å². The molecule has 0 rings (SSSR count). The first-order chi connectivity index (χ1) is 7.16. The molecule has 0 heterocycles. The van der Waals surface area contributed by atoms with Gasteiger partial charge in [0.1, 0.15) is 0 Å². The highest BCUT2D eigenvalue weighted by Crippen LogP contribution is 2.10. The summed E-state index contributed by atoms with van der Waals surface area (Å²) in [5, 5.41) is 2.91. The van der Waals surface area contributed by atoms with E-state index in [0.29, 0.717) is 18.7 Å². The van der Waals surface area contributed by atoms with E-state index in [-0.39, 0.29) is 11.0 Å². The summed E-state index contributed by atoms with van der Waals surface area (Å²) in [6.07, 6.45) is 5.23. The van der Waals surface area contributed by atoms with Gasteiger partial charge >= 0.3 is 0 Å². The van der Waals surface area contributed by atoms with Crippen LogP contribution in [0, 0.1) is 0 Å². The van der Waals surface area contributed by atoms with E-state index in [4.69, 9.17) is 0 Å². The van der Waals surface area contributed by atoms with Gasteiger partial charge in [0.25, 0.3) is 0 Å². The average molecular weight is 231 g/mol. The van der Waals surface area contributed by atoms with E-state index >= 15 is 0 Å². The maximum Gasteiger partial charge on any atom is 0.216 e. The van der Waals surface area contributed by atoms with Crippen LogP contribution in [0.3, 0.4) is 0 Å². The van der Waals surface area contributed by atoms with Gasteiger partial charge in [0.2, 0.25) is 5.91 Å². The molecule has 0 radical (unpaired) electrons. The lowest BCUT2D eigenvalue weighted by Crippen LogP contribution is -2.22. The fourth-order valence-corrected chi connectivity index (χ4v) is 1.88. The largest absolute Gasteiger partial charge is 0.356 e. The van der Waals surface area contributed by atoms with Gasteiger partial charge in [0.15, 0.2) is 5.12 Å². The van der Waals surface area contributed by atoms with E-state index < -0.39 is 0 Å². The molecule has 0 fully saturated rings. The summed E-state index contributed by atoms with van der Waals surface area (Å²) >= 11 is 1.32. The Bertz CT molecular complexity index is 195. The molecule has 1 N–H and O–H groups in total. The predicted molar refractivity (Wildman–Crippen MR) is 64.9 cm³/mol. The molecule has 0 aromatic rings. The first kappa shape index (κ1) is 14.5. The first-order valence-electron chi connectivity index (χ1n) is 5.57. The van der Waals surface area contributed by atoms with Gasteiger partial charge in [-0.2, -0.15) is 0 Å². The molecule has 0 bridgehead atoms. The molecular weight excluding hydrogens is 210 g/mol. The van der Waals surface area contributed by atoms with Crippen LogP contribution in [0.5, 0.6) is 0 Å². The molecule has 88 valence electrons. The van der Waals surface area contributed by atoms with Crippen molar-refractivity contribution in [2.24, 2.45) is 0 Å². The molecule has 15 heavy (non-hydrogen) atoms. The highest BCUT2D eigenvalue weighted by atomic mass is 32.2. The van der Waals surface area contributed by atoms with Crippen LogP contribution in [0.2, 0.25) is 0 Å². The van der Waals surface area contributed by atoms with Crippen molar-refractivity contribution in [2.45, 2.75) is 46.0 Å². The Balaban J connectivity index is 3.22. The second-order valence-corrected chi connectivity index (χ2v) is 4.67. The monoisotopic (exact) mass is 231 g/mol. The van der Waals surface area contributed by atoms with Crippen molar-refractivity contribution in [3.63, 3.8) is 0 Å². The van der Waals surface area contributed by atoms with Gasteiger partial charge in [-0.05, 0) is 6.42 Å². The third kappa shape index (κ3) is 11.4. The maximum atomic E-state index is 11.3. The Morgan fingerprint density at radius 1 is 1.20 bits per heavy atom. The van der Waals surface area contributed by atoms with Crippen LogP contribution in [-0.4, -0.2) is 23.3 Å². The van der Waals surface area contributed by atoms with Crippen molar-refractivity contribution in [3.05, 3.63) is 0 Å². The van der Waals surface area contributed by atoms with Gasteiger partial charge in [-0.1, -0.05) is 37.9 Å². The van der Waals surface area contributed by atoms with Crippen molar-refractivity contribution < 1.29 is 9.59 Å². The van der Waals surface area contributed by atoms with Crippen molar-refractivity contribution >= 4 is 22.8 Å². The zero-order chi connectivity index (χ0) is 11.5.